The second-order valence-corrected chi connectivity index (χ2v) is 3.71. The van der Waals surface area contributed by atoms with Crippen molar-refractivity contribution in [1.82, 2.24) is 10.6 Å². The van der Waals surface area contributed by atoms with Gasteiger partial charge in [-0.15, -0.1) is 0 Å². The minimum absolute atomic E-state index is 0.0469. The quantitative estimate of drug-likeness (QED) is 0.571. The van der Waals surface area contributed by atoms with Gasteiger partial charge in [0.2, 0.25) is 11.8 Å². The first-order valence-corrected chi connectivity index (χ1v) is 5.30. The Morgan fingerprint density at radius 3 is 2.40 bits per heavy atom. The summed E-state index contributed by atoms with van der Waals surface area (Å²) < 4.78 is 0. The van der Waals surface area contributed by atoms with E-state index in [4.69, 9.17) is 5.73 Å². The van der Waals surface area contributed by atoms with Gasteiger partial charge in [-0.05, 0) is 20.3 Å². The van der Waals surface area contributed by atoms with Crippen LogP contribution in [0.2, 0.25) is 0 Å². The molecule has 0 aromatic rings. The van der Waals surface area contributed by atoms with Gasteiger partial charge in [0.25, 0.3) is 0 Å². The fourth-order valence-electron chi connectivity index (χ4n) is 0.909. The Morgan fingerprint density at radius 2 is 1.93 bits per heavy atom. The summed E-state index contributed by atoms with van der Waals surface area (Å²) in [5.41, 5.74) is 5.34. The van der Waals surface area contributed by atoms with Gasteiger partial charge in [0.15, 0.2) is 0 Å². The topological polar surface area (TPSA) is 84.2 Å². The molecule has 2 atom stereocenters. The van der Waals surface area contributed by atoms with Crippen molar-refractivity contribution < 1.29 is 9.59 Å². The second kappa shape index (κ2) is 7.23. The van der Waals surface area contributed by atoms with Crippen molar-refractivity contribution in [1.29, 1.82) is 0 Å². The average molecular weight is 215 g/mol. The molecule has 5 heteroatoms. The van der Waals surface area contributed by atoms with Crippen molar-refractivity contribution in [2.24, 2.45) is 5.73 Å². The van der Waals surface area contributed by atoms with Gasteiger partial charge in [0.05, 0.1) is 6.04 Å². The standard InChI is InChI=1S/C10H21N3O2/c1-4-7(2)13-9(14)5-6-12-10(15)8(3)11/h7-8H,4-6,11H2,1-3H3,(H,12,15)(H,13,14). The van der Waals surface area contributed by atoms with Crippen LogP contribution in [0.1, 0.15) is 33.6 Å². The average Bonchev–Trinajstić information content (AvgIpc) is 2.17. The Hall–Kier alpha value is -1.10. The van der Waals surface area contributed by atoms with Crippen LogP contribution in [0.5, 0.6) is 0 Å². The number of hydrogen-bond acceptors (Lipinski definition) is 3. The lowest BCUT2D eigenvalue weighted by Gasteiger charge is -2.12. The van der Waals surface area contributed by atoms with Crippen LogP contribution >= 0.6 is 0 Å². The molecule has 4 N–H and O–H groups in total. The van der Waals surface area contributed by atoms with E-state index in [-0.39, 0.29) is 17.9 Å². The molecular formula is C10H21N3O2. The predicted molar refractivity (Wildman–Crippen MR) is 59.2 cm³/mol. The first-order chi connectivity index (χ1) is 6.97. The number of amides is 2. The molecule has 15 heavy (non-hydrogen) atoms. The van der Waals surface area contributed by atoms with Crippen molar-refractivity contribution in [3.8, 4) is 0 Å². The molecule has 0 heterocycles. The van der Waals surface area contributed by atoms with Gasteiger partial charge in [0.1, 0.15) is 0 Å². The lowest BCUT2D eigenvalue weighted by Crippen LogP contribution is -2.40. The highest BCUT2D eigenvalue weighted by molar-refractivity contribution is 5.82. The zero-order valence-corrected chi connectivity index (χ0v) is 9.67. The van der Waals surface area contributed by atoms with Crippen LogP contribution in [0.25, 0.3) is 0 Å². The molecule has 2 unspecified atom stereocenters. The van der Waals surface area contributed by atoms with Gasteiger partial charge in [-0.2, -0.15) is 0 Å². The van der Waals surface area contributed by atoms with Crippen LogP contribution in [0, 0.1) is 0 Å². The number of carbonyl (C=O) groups is 2. The minimum atomic E-state index is -0.525. The van der Waals surface area contributed by atoms with Crippen molar-refractivity contribution in [2.75, 3.05) is 6.54 Å². The molecule has 0 saturated heterocycles. The van der Waals surface area contributed by atoms with Crippen LogP contribution in [0.4, 0.5) is 0 Å². The Balaban J connectivity index is 3.60. The third-order valence-corrected chi connectivity index (χ3v) is 2.08. The van der Waals surface area contributed by atoms with Crippen molar-refractivity contribution in [3.05, 3.63) is 0 Å². The molecule has 0 radical (unpaired) electrons. The molecule has 0 rings (SSSR count). The summed E-state index contributed by atoms with van der Waals surface area (Å²) in [5.74, 6) is -0.277. The molecule has 0 fully saturated rings. The molecule has 0 aliphatic heterocycles. The van der Waals surface area contributed by atoms with Gasteiger partial charge in [-0.1, -0.05) is 6.92 Å². The number of carbonyl (C=O) groups excluding carboxylic acids is 2. The highest BCUT2D eigenvalue weighted by atomic mass is 16.2. The van der Waals surface area contributed by atoms with Gasteiger partial charge in [-0.25, -0.2) is 0 Å². The highest BCUT2D eigenvalue weighted by Gasteiger charge is 2.08. The van der Waals surface area contributed by atoms with E-state index >= 15 is 0 Å². The lowest BCUT2D eigenvalue weighted by molar-refractivity contribution is -0.123. The summed E-state index contributed by atoms with van der Waals surface area (Å²) >= 11 is 0. The summed E-state index contributed by atoms with van der Waals surface area (Å²) in [4.78, 5) is 22.3. The molecule has 2 amide bonds. The number of nitrogens with two attached hydrogens (primary N) is 1. The van der Waals surface area contributed by atoms with E-state index in [9.17, 15) is 9.59 Å². The first-order valence-electron chi connectivity index (χ1n) is 5.30. The third-order valence-electron chi connectivity index (χ3n) is 2.08. The largest absolute Gasteiger partial charge is 0.354 e. The minimum Gasteiger partial charge on any atom is -0.354 e. The van der Waals surface area contributed by atoms with Crippen LogP contribution in [-0.2, 0) is 9.59 Å². The van der Waals surface area contributed by atoms with Crippen LogP contribution in [-0.4, -0.2) is 30.4 Å². The number of nitrogens with one attached hydrogen (secondary N) is 2. The van der Waals surface area contributed by atoms with Crippen molar-refractivity contribution >= 4 is 11.8 Å². The fraction of sp³-hybridized carbons (Fsp3) is 0.800. The second-order valence-electron chi connectivity index (χ2n) is 3.71. The van der Waals surface area contributed by atoms with E-state index in [0.717, 1.165) is 6.42 Å². The van der Waals surface area contributed by atoms with E-state index < -0.39 is 6.04 Å². The van der Waals surface area contributed by atoms with E-state index in [1.807, 2.05) is 13.8 Å². The zero-order valence-electron chi connectivity index (χ0n) is 9.67. The molecule has 0 aliphatic carbocycles. The van der Waals surface area contributed by atoms with Crippen molar-refractivity contribution in [2.45, 2.75) is 45.7 Å². The molecule has 0 aliphatic rings. The van der Waals surface area contributed by atoms with Crippen molar-refractivity contribution in [3.63, 3.8) is 0 Å². The van der Waals surface area contributed by atoms with E-state index in [1.165, 1.54) is 0 Å². The Kier molecular flexibility index (Phi) is 6.70. The smallest absolute Gasteiger partial charge is 0.236 e. The van der Waals surface area contributed by atoms with Gasteiger partial charge < -0.3 is 16.4 Å². The van der Waals surface area contributed by atoms with E-state index in [0.29, 0.717) is 13.0 Å². The molecule has 5 nitrogen and oxygen atoms in total. The summed E-state index contributed by atoms with van der Waals surface area (Å²) in [7, 11) is 0. The summed E-state index contributed by atoms with van der Waals surface area (Å²) in [5, 5.41) is 5.39. The monoisotopic (exact) mass is 215 g/mol. The predicted octanol–water partition coefficient (Wildman–Crippen LogP) is -0.245. The lowest BCUT2D eigenvalue weighted by atomic mass is 10.2. The summed E-state index contributed by atoms with van der Waals surface area (Å²) in [6.45, 7) is 5.89. The number of rotatable bonds is 6. The van der Waals surface area contributed by atoms with Crippen LogP contribution in [0.15, 0.2) is 0 Å². The molecule has 88 valence electrons. The highest BCUT2D eigenvalue weighted by Crippen LogP contribution is 1.89. The maximum absolute atomic E-state index is 11.3. The third kappa shape index (κ3) is 6.90. The molecule has 0 aromatic heterocycles. The Bertz CT molecular complexity index is 217. The van der Waals surface area contributed by atoms with Gasteiger partial charge in [-0.3, -0.25) is 9.59 Å². The molecule has 0 bridgehead atoms. The normalized spacial score (nSPS) is 14.1. The maximum Gasteiger partial charge on any atom is 0.236 e. The Morgan fingerprint density at radius 1 is 1.33 bits per heavy atom. The van der Waals surface area contributed by atoms with Crippen LogP contribution < -0.4 is 16.4 Å². The SMILES string of the molecule is CCC(C)NC(=O)CCNC(=O)C(C)N. The molecular weight excluding hydrogens is 194 g/mol. The molecule has 0 aromatic carbocycles. The number of hydrogen-bond donors (Lipinski definition) is 3. The van der Waals surface area contributed by atoms with E-state index in [1.54, 1.807) is 6.92 Å². The summed E-state index contributed by atoms with van der Waals surface area (Å²) in [6.07, 6.45) is 1.20. The molecule has 0 spiro atoms. The van der Waals surface area contributed by atoms with Gasteiger partial charge >= 0.3 is 0 Å². The van der Waals surface area contributed by atoms with Gasteiger partial charge in [0, 0.05) is 19.0 Å². The van der Waals surface area contributed by atoms with Crippen LogP contribution in [0.3, 0.4) is 0 Å². The summed E-state index contributed by atoms with van der Waals surface area (Å²) in [6, 6.07) is -0.343. The van der Waals surface area contributed by atoms with E-state index in [2.05, 4.69) is 10.6 Å². The molecule has 0 saturated carbocycles. The Labute approximate surface area is 90.8 Å². The maximum atomic E-state index is 11.3. The zero-order chi connectivity index (χ0) is 11.8. The fourth-order valence-corrected chi connectivity index (χ4v) is 0.909. The first kappa shape index (κ1) is 13.9.